The monoisotopic (exact) mass is 461 g/mol. The van der Waals surface area contributed by atoms with E-state index < -0.39 is 5.60 Å². The lowest BCUT2D eigenvalue weighted by Gasteiger charge is -2.25. The summed E-state index contributed by atoms with van der Waals surface area (Å²) in [6.07, 6.45) is 0.394. The van der Waals surface area contributed by atoms with Crippen molar-refractivity contribution >= 4 is 60.1 Å². The van der Waals surface area contributed by atoms with Gasteiger partial charge in [0.25, 0.3) is 5.91 Å². The van der Waals surface area contributed by atoms with Crippen LogP contribution in [0.2, 0.25) is 0 Å². The van der Waals surface area contributed by atoms with E-state index in [1.807, 2.05) is 24.3 Å². The summed E-state index contributed by atoms with van der Waals surface area (Å²) in [5.41, 5.74) is 0.346. The van der Waals surface area contributed by atoms with E-state index in [1.165, 1.54) is 11.3 Å². The van der Waals surface area contributed by atoms with Gasteiger partial charge in [-0.25, -0.2) is 4.98 Å². The Hall–Kier alpha value is -2.45. The zero-order chi connectivity index (χ0) is 20.3. The number of benzene rings is 2. The zero-order valence-corrected chi connectivity index (χ0v) is 18.1. The van der Waals surface area contributed by atoms with Crippen molar-refractivity contribution in [3.8, 4) is 5.75 Å². The third-order valence-corrected chi connectivity index (χ3v) is 5.41. The minimum atomic E-state index is -1.06. The Kier molecular flexibility index (Phi) is 6.00. The normalized spacial score (nSPS) is 11.3. The van der Waals surface area contributed by atoms with Crippen LogP contribution in [-0.2, 0) is 9.59 Å². The Balaban J connectivity index is 1.72. The van der Waals surface area contributed by atoms with E-state index >= 15 is 0 Å². The van der Waals surface area contributed by atoms with Gasteiger partial charge in [0.1, 0.15) is 5.75 Å². The summed E-state index contributed by atoms with van der Waals surface area (Å²) >= 11 is 4.74. The van der Waals surface area contributed by atoms with Crippen molar-refractivity contribution in [2.45, 2.75) is 32.8 Å². The molecule has 1 heterocycles. The summed E-state index contributed by atoms with van der Waals surface area (Å²) in [6, 6.07) is 12.7. The van der Waals surface area contributed by atoms with Crippen LogP contribution in [0.15, 0.2) is 46.9 Å². The minimum absolute atomic E-state index is 0.0839. The van der Waals surface area contributed by atoms with Gasteiger partial charge in [-0.3, -0.25) is 9.59 Å². The van der Waals surface area contributed by atoms with Crippen molar-refractivity contribution in [1.82, 2.24) is 4.98 Å². The first-order chi connectivity index (χ1) is 13.3. The Morgan fingerprint density at radius 2 is 1.86 bits per heavy atom. The van der Waals surface area contributed by atoms with Crippen LogP contribution in [0.4, 0.5) is 10.8 Å². The largest absolute Gasteiger partial charge is 0.478 e. The van der Waals surface area contributed by atoms with Crippen LogP contribution >= 0.6 is 27.3 Å². The second kappa shape index (κ2) is 8.28. The molecule has 2 N–H and O–H groups in total. The number of ether oxygens (including phenoxy) is 1. The lowest BCUT2D eigenvalue weighted by atomic mass is 10.1. The number of carbonyl (C=O) groups is 2. The number of thiazole rings is 1. The molecule has 8 heteroatoms. The minimum Gasteiger partial charge on any atom is -0.478 e. The fourth-order valence-corrected chi connectivity index (χ4v) is 3.57. The summed E-state index contributed by atoms with van der Waals surface area (Å²) < 4.78 is 7.66. The molecular weight excluding hydrogens is 442 g/mol. The van der Waals surface area contributed by atoms with Gasteiger partial charge in [-0.15, -0.1) is 0 Å². The highest BCUT2D eigenvalue weighted by molar-refractivity contribution is 9.10. The number of halogens is 1. The molecular formula is C20H20BrN3O3S. The van der Waals surface area contributed by atoms with Crippen molar-refractivity contribution in [3.63, 3.8) is 0 Å². The number of nitrogens with one attached hydrogen (secondary N) is 2. The van der Waals surface area contributed by atoms with Crippen LogP contribution in [0.1, 0.15) is 27.2 Å². The van der Waals surface area contributed by atoms with Gasteiger partial charge < -0.3 is 15.4 Å². The first kappa shape index (κ1) is 20.3. The van der Waals surface area contributed by atoms with Gasteiger partial charge in [0.05, 0.1) is 10.2 Å². The van der Waals surface area contributed by atoms with E-state index in [9.17, 15) is 9.59 Å². The van der Waals surface area contributed by atoms with E-state index in [2.05, 4.69) is 31.5 Å². The quantitative estimate of drug-likeness (QED) is 0.528. The zero-order valence-electron chi connectivity index (χ0n) is 15.7. The van der Waals surface area contributed by atoms with Crippen LogP contribution in [-0.4, -0.2) is 22.4 Å². The van der Waals surface area contributed by atoms with Crippen LogP contribution < -0.4 is 15.4 Å². The molecule has 1 aromatic heterocycles. The Labute approximate surface area is 175 Å². The summed E-state index contributed by atoms with van der Waals surface area (Å²) in [6.45, 7) is 5.22. The van der Waals surface area contributed by atoms with E-state index in [0.29, 0.717) is 23.0 Å². The van der Waals surface area contributed by atoms with Crippen molar-refractivity contribution in [3.05, 3.63) is 46.9 Å². The first-order valence-corrected chi connectivity index (χ1v) is 10.3. The summed E-state index contributed by atoms with van der Waals surface area (Å²) in [5, 5.41) is 6.19. The molecule has 0 aliphatic heterocycles. The van der Waals surface area contributed by atoms with E-state index in [4.69, 9.17) is 4.74 Å². The average molecular weight is 462 g/mol. The van der Waals surface area contributed by atoms with Gasteiger partial charge >= 0.3 is 0 Å². The maximum atomic E-state index is 12.7. The Bertz CT molecular complexity index is 1020. The Morgan fingerprint density at radius 1 is 1.14 bits per heavy atom. The van der Waals surface area contributed by atoms with Crippen molar-refractivity contribution in [2.75, 3.05) is 10.6 Å². The van der Waals surface area contributed by atoms with Gasteiger partial charge in [-0.2, -0.15) is 0 Å². The lowest BCUT2D eigenvalue weighted by molar-refractivity contribution is -0.128. The number of hydrogen-bond acceptors (Lipinski definition) is 5. The molecule has 146 valence electrons. The standard InChI is InChI=1S/C20H20BrN3O3S/c1-4-17(25)24-19-23-15-10-7-13(11-16(15)28-19)22-18(26)20(2,3)27-14-8-5-12(21)6-9-14/h5-11H,4H2,1-3H3,(H,22,26)(H,23,24,25). The summed E-state index contributed by atoms with van der Waals surface area (Å²) in [4.78, 5) is 28.6. The fraction of sp³-hybridized carbons (Fsp3) is 0.250. The van der Waals surface area contributed by atoms with E-state index in [1.54, 1.807) is 39.0 Å². The molecule has 28 heavy (non-hydrogen) atoms. The molecule has 0 saturated carbocycles. The van der Waals surface area contributed by atoms with Crippen LogP contribution in [0, 0.1) is 0 Å². The number of rotatable bonds is 6. The van der Waals surface area contributed by atoms with Crippen molar-refractivity contribution in [2.24, 2.45) is 0 Å². The van der Waals surface area contributed by atoms with Crippen LogP contribution in [0.3, 0.4) is 0 Å². The summed E-state index contributed by atoms with van der Waals surface area (Å²) in [5.74, 6) is 0.260. The molecule has 0 aliphatic rings. The van der Waals surface area contributed by atoms with Gasteiger partial charge in [-0.1, -0.05) is 34.2 Å². The number of aromatic nitrogens is 1. The molecule has 0 unspecified atom stereocenters. The molecule has 2 aromatic carbocycles. The maximum Gasteiger partial charge on any atom is 0.267 e. The van der Waals surface area contributed by atoms with Crippen LogP contribution in [0.5, 0.6) is 5.75 Å². The third-order valence-electron chi connectivity index (χ3n) is 3.95. The molecule has 0 atom stereocenters. The van der Waals surface area contributed by atoms with E-state index in [-0.39, 0.29) is 11.8 Å². The highest BCUT2D eigenvalue weighted by Crippen LogP contribution is 2.29. The van der Waals surface area contributed by atoms with Crippen molar-refractivity contribution in [1.29, 1.82) is 0 Å². The van der Waals surface area contributed by atoms with Gasteiger partial charge in [0, 0.05) is 16.6 Å². The maximum absolute atomic E-state index is 12.7. The molecule has 6 nitrogen and oxygen atoms in total. The number of nitrogens with zero attached hydrogens (tertiary/aromatic N) is 1. The molecule has 0 aliphatic carbocycles. The molecule has 3 aromatic rings. The smallest absolute Gasteiger partial charge is 0.267 e. The SMILES string of the molecule is CCC(=O)Nc1nc2ccc(NC(=O)C(C)(C)Oc3ccc(Br)cc3)cc2s1. The third kappa shape index (κ3) is 4.88. The molecule has 0 fully saturated rings. The highest BCUT2D eigenvalue weighted by atomic mass is 79.9. The topological polar surface area (TPSA) is 80.3 Å². The van der Waals surface area contributed by atoms with E-state index in [0.717, 1.165) is 14.7 Å². The van der Waals surface area contributed by atoms with Gasteiger partial charge in [-0.05, 0) is 56.3 Å². The molecule has 2 amide bonds. The molecule has 0 spiro atoms. The molecule has 0 radical (unpaired) electrons. The second-order valence-electron chi connectivity index (χ2n) is 6.62. The van der Waals surface area contributed by atoms with Crippen LogP contribution in [0.25, 0.3) is 10.2 Å². The van der Waals surface area contributed by atoms with Gasteiger partial charge in [0.15, 0.2) is 10.7 Å². The molecule has 0 saturated heterocycles. The number of fused-ring (bicyclic) bond motifs is 1. The fourth-order valence-electron chi connectivity index (χ4n) is 2.39. The second-order valence-corrected chi connectivity index (χ2v) is 8.57. The molecule has 3 rings (SSSR count). The lowest BCUT2D eigenvalue weighted by Crippen LogP contribution is -2.42. The average Bonchev–Trinajstić information content (AvgIpc) is 3.04. The first-order valence-electron chi connectivity index (χ1n) is 8.73. The Morgan fingerprint density at radius 3 is 2.54 bits per heavy atom. The van der Waals surface area contributed by atoms with Gasteiger partial charge in [0.2, 0.25) is 5.91 Å². The predicted octanol–water partition coefficient (Wildman–Crippen LogP) is 5.20. The number of anilines is 2. The molecule has 0 bridgehead atoms. The number of carbonyl (C=O) groups excluding carboxylic acids is 2. The highest BCUT2D eigenvalue weighted by Gasteiger charge is 2.30. The number of hydrogen-bond donors (Lipinski definition) is 2. The summed E-state index contributed by atoms with van der Waals surface area (Å²) in [7, 11) is 0. The van der Waals surface area contributed by atoms with Crippen molar-refractivity contribution < 1.29 is 14.3 Å². The predicted molar refractivity (Wildman–Crippen MR) is 116 cm³/mol. The number of amides is 2.